The van der Waals surface area contributed by atoms with Gasteiger partial charge in [0.2, 0.25) is 0 Å². The molecular formula is C13H18ClN3S. The van der Waals surface area contributed by atoms with Crippen LogP contribution in [0.1, 0.15) is 38.4 Å². The monoisotopic (exact) mass is 283 g/mol. The van der Waals surface area contributed by atoms with Gasteiger partial charge in [-0.2, -0.15) is 11.8 Å². The predicted octanol–water partition coefficient (Wildman–Crippen LogP) is 3.34. The van der Waals surface area contributed by atoms with Gasteiger partial charge in [0.05, 0.1) is 0 Å². The molecule has 1 aliphatic carbocycles. The van der Waals surface area contributed by atoms with Gasteiger partial charge in [-0.1, -0.05) is 18.5 Å². The summed E-state index contributed by atoms with van der Waals surface area (Å²) in [5, 5.41) is 1.22. The number of aromatic nitrogens is 2. The van der Waals surface area contributed by atoms with E-state index in [1.54, 1.807) is 0 Å². The van der Waals surface area contributed by atoms with Crippen molar-refractivity contribution in [2.24, 2.45) is 0 Å². The van der Waals surface area contributed by atoms with Crippen LogP contribution in [0.4, 0.5) is 5.82 Å². The van der Waals surface area contributed by atoms with Gasteiger partial charge in [-0.25, -0.2) is 9.97 Å². The van der Waals surface area contributed by atoms with Gasteiger partial charge in [0.15, 0.2) is 0 Å². The molecule has 98 valence electrons. The first-order chi connectivity index (χ1) is 8.65. The predicted molar refractivity (Wildman–Crippen MR) is 77.7 cm³/mol. The molecular weight excluding hydrogens is 266 g/mol. The van der Waals surface area contributed by atoms with E-state index in [0.29, 0.717) is 22.4 Å². The van der Waals surface area contributed by atoms with E-state index in [-0.39, 0.29) is 0 Å². The number of hydrogen-bond donors (Lipinski definition) is 0. The van der Waals surface area contributed by atoms with Crippen LogP contribution < -0.4 is 4.90 Å². The first-order valence-electron chi connectivity index (χ1n) is 6.58. The lowest BCUT2D eigenvalue weighted by atomic mass is 10.2. The molecule has 1 aromatic heterocycles. The van der Waals surface area contributed by atoms with Crippen molar-refractivity contribution < 1.29 is 0 Å². The SMILES string of the molecule is CC1SCCN(c2cc(Cl)nc(C3CC3)n2)C1C. The van der Waals surface area contributed by atoms with Crippen molar-refractivity contribution in [3.63, 3.8) is 0 Å². The largest absolute Gasteiger partial charge is 0.352 e. The summed E-state index contributed by atoms with van der Waals surface area (Å²) in [5.74, 6) is 3.66. The molecule has 0 N–H and O–H groups in total. The summed E-state index contributed by atoms with van der Waals surface area (Å²) < 4.78 is 0. The van der Waals surface area contributed by atoms with Crippen molar-refractivity contribution in [1.29, 1.82) is 0 Å². The van der Waals surface area contributed by atoms with Gasteiger partial charge in [-0.15, -0.1) is 0 Å². The standard InChI is InChI=1S/C13H18ClN3S/c1-8-9(2)18-6-5-17(8)12-7-11(14)15-13(16-12)10-3-4-10/h7-10H,3-6H2,1-2H3. The van der Waals surface area contributed by atoms with Crippen LogP contribution in [0.5, 0.6) is 0 Å². The molecule has 0 radical (unpaired) electrons. The second-order valence-electron chi connectivity index (χ2n) is 5.19. The van der Waals surface area contributed by atoms with Crippen LogP contribution in [-0.2, 0) is 0 Å². The Morgan fingerprint density at radius 2 is 2.11 bits per heavy atom. The minimum atomic E-state index is 0.502. The first kappa shape index (κ1) is 12.5. The second-order valence-corrected chi connectivity index (χ2v) is 7.06. The van der Waals surface area contributed by atoms with Crippen LogP contribution >= 0.6 is 23.4 Å². The molecule has 2 aliphatic rings. The summed E-state index contributed by atoms with van der Waals surface area (Å²) >= 11 is 8.18. The summed E-state index contributed by atoms with van der Waals surface area (Å²) in [6.07, 6.45) is 2.42. The second kappa shape index (κ2) is 4.89. The van der Waals surface area contributed by atoms with E-state index in [0.717, 1.165) is 23.9 Å². The first-order valence-corrected chi connectivity index (χ1v) is 8.00. The molecule has 0 spiro atoms. The van der Waals surface area contributed by atoms with Crippen LogP contribution in [0.2, 0.25) is 5.15 Å². The fourth-order valence-corrected chi connectivity index (χ4v) is 3.63. The van der Waals surface area contributed by atoms with Gasteiger partial charge in [0.25, 0.3) is 0 Å². The highest BCUT2D eigenvalue weighted by molar-refractivity contribution is 8.00. The third-order valence-electron chi connectivity index (χ3n) is 3.82. The summed E-state index contributed by atoms with van der Waals surface area (Å²) in [7, 11) is 0. The fourth-order valence-electron chi connectivity index (χ4n) is 2.35. The van der Waals surface area contributed by atoms with Crippen molar-refractivity contribution >= 4 is 29.2 Å². The molecule has 18 heavy (non-hydrogen) atoms. The lowest BCUT2D eigenvalue weighted by Crippen LogP contribution is -2.45. The Labute approximate surface area is 117 Å². The quantitative estimate of drug-likeness (QED) is 0.779. The maximum atomic E-state index is 6.14. The zero-order valence-electron chi connectivity index (χ0n) is 10.8. The van der Waals surface area contributed by atoms with Gasteiger partial charge >= 0.3 is 0 Å². The Morgan fingerprint density at radius 1 is 1.33 bits per heavy atom. The van der Waals surface area contributed by atoms with E-state index >= 15 is 0 Å². The minimum absolute atomic E-state index is 0.502. The van der Waals surface area contributed by atoms with Gasteiger partial charge in [0.1, 0.15) is 16.8 Å². The number of thioether (sulfide) groups is 1. The van der Waals surface area contributed by atoms with Crippen molar-refractivity contribution in [1.82, 2.24) is 9.97 Å². The Hall–Kier alpha value is -0.480. The summed E-state index contributed by atoms with van der Waals surface area (Å²) in [4.78, 5) is 11.5. The minimum Gasteiger partial charge on any atom is -0.352 e. The molecule has 2 heterocycles. The highest BCUT2D eigenvalue weighted by Crippen LogP contribution is 2.39. The van der Waals surface area contributed by atoms with Gasteiger partial charge in [-0.3, -0.25) is 0 Å². The lowest BCUT2D eigenvalue weighted by Gasteiger charge is -2.38. The van der Waals surface area contributed by atoms with E-state index in [2.05, 4.69) is 23.7 Å². The molecule has 2 fully saturated rings. The summed E-state index contributed by atoms with van der Waals surface area (Å²) in [5.41, 5.74) is 0. The molecule has 1 aliphatic heterocycles. The molecule has 0 aromatic carbocycles. The molecule has 0 bridgehead atoms. The third kappa shape index (κ3) is 2.45. The van der Waals surface area contributed by atoms with E-state index in [4.69, 9.17) is 16.6 Å². The summed E-state index contributed by atoms with van der Waals surface area (Å²) in [6, 6.07) is 2.41. The van der Waals surface area contributed by atoms with Gasteiger partial charge in [-0.05, 0) is 19.8 Å². The number of anilines is 1. The smallest absolute Gasteiger partial charge is 0.135 e. The molecule has 1 saturated heterocycles. The van der Waals surface area contributed by atoms with Crippen molar-refractivity contribution in [3.05, 3.63) is 17.0 Å². The highest BCUT2D eigenvalue weighted by Gasteiger charge is 2.30. The van der Waals surface area contributed by atoms with Crippen molar-refractivity contribution in [3.8, 4) is 0 Å². The maximum Gasteiger partial charge on any atom is 0.135 e. The number of rotatable bonds is 2. The number of nitrogens with zero attached hydrogens (tertiary/aromatic N) is 3. The van der Waals surface area contributed by atoms with Crippen molar-refractivity contribution in [2.75, 3.05) is 17.2 Å². The van der Waals surface area contributed by atoms with Crippen molar-refractivity contribution in [2.45, 2.75) is 43.9 Å². The maximum absolute atomic E-state index is 6.14. The van der Waals surface area contributed by atoms with Crippen LogP contribution in [0.3, 0.4) is 0 Å². The van der Waals surface area contributed by atoms with Crippen LogP contribution in [0.15, 0.2) is 6.07 Å². The van der Waals surface area contributed by atoms with E-state index < -0.39 is 0 Å². The molecule has 2 atom stereocenters. The molecule has 2 unspecified atom stereocenters. The molecule has 0 amide bonds. The highest BCUT2D eigenvalue weighted by atomic mass is 35.5. The van der Waals surface area contributed by atoms with Gasteiger partial charge < -0.3 is 4.90 Å². The lowest BCUT2D eigenvalue weighted by molar-refractivity contribution is 0.617. The van der Waals surface area contributed by atoms with Crippen LogP contribution in [0.25, 0.3) is 0 Å². The fraction of sp³-hybridized carbons (Fsp3) is 0.692. The Morgan fingerprint density at radius 3 is 2.83 bits per heavy atom. The van der Waals surface area contributed by atoms with Crippen LogP contribution in [0, 0.1) is 0 Å². The van der Waals surface area contributed by atoms with Crippen LogP contribution in [-0.4, -0.2) is 33.6 Å². The molecule has 1 aromatic rings. The Balaban J connectivity index is 1.90. The zero-order valence-corrected chi connectivity index (χ0v) is 12.3. The molecule has 3 rings (SSSR count). The van der Waals surface area contributed by atoms with E-state index in [1.165, 1.54) is 12.8 Å². The normalized spacial score (nSPS) is 28.5. The number of halogens is 1. The van der Waals surface area contributed by atoms with E-state index in [9.17, 15) is 0 Å². The van der Waals surface area contributed by atoms with Gasteiger partial charge in [0, 0.05) is 35.6 Å². The summed E-state index contributed by atoms with van der Waals surface area (Å²) in [6.45, 7) is 5.60. The molecule has 5 heteroatoms. The topological polar surface area (TPSA) is 29.0 Å². The average molecular weight is 284 g/mol. The zero-order chi connectivity index (χ0) is 12.7. The molecule has 1 saturated carbocycles. The van der Waals surface area contributed by atoms with E-state index in [1.807, 2.05) is 17.8 Å². The number of hydrogen-bond acceptors (Lipinski definition) is 4. The Kier molecular flexibility index (Phi) is 3.41. The molecule has 3 nitrogen and oxygen atoms in total. The third-order valence-corrected chi connectivity index (χ3v) is 5.35. The Bertz CT molecular complexity index is 450. The average Bonchev–Trinajstić information content (AvgIpc) is 3.16.